The Hall–Kier alpha value is -2.95. The van der Waals surface area contributed by atoms with Gasteiger partial charge in [-0.25, -0.2) is 9.97 Å². The van der Waals surface area contributed by atoms with Crippen molar-refractivity contribution in [3.63, 3.8) is 0 Å². The van der Waals surface area contributed by atoms with Crippen molar-refractivity contribution < 1.29 is 4.79 Å². The smallest absolute Gasteiger partial charge is 0.254 e. The third-order valence-electron chi connectivity index (χ3n) is 3.78. The number of aromatic nitrogens is 3. The van der Waals surface area contributed by atoms with E-state index < -0.39 is 0 Å². The maximum absolute atomic E-state index is 12.7. The summed E-state index contributed by atoms with van der Waals surface area (Å²) in [4.78, 5) is 22.6. The summed E-state index contributed by atoms with van der Waals surface area (Å²) in [5.41, 5.74) is 2.94. The summed E-state index contributed by atoms with van der Waals surface area (Å²) in [5.74, 6) is 0.648. The molecule has 3 rings (SSSR count). The summed E-state index contributed by atoms with van der Waals surface area (Å²) >= 11 is 0. The van der Waals surface area contributed by atoms with Crippen LogP contribution in [0, 0.1) is 6.92 Å². The summed E-state index contributed by atoms with van der Waals surface area (Å²) in [6.45, 7) is 2.63. The van der Waals surface area contributed by atoms with Crippen LogP contribution in [0.4, 0.5) is 0 Å². The topological polar surface area (TPSA) is 51.0 Å². The number of carbonyl (C=O) groups is 1. The van der Waals surface area contributed by atoms with Gasteiger partial charge in [-0.05, 0) is 30.2 Å². The summed E-state index contributed by atoms with van der Waals surface area (Å²) in [5, 5.41) is 0. The highest BCUT2D eigenvalue weighted by molar-refractivity contribution is 5.94. The minimum atomic E-state index is -0.0305. The Morgan fingerprint density at radius 2 is 2.04 bits per heavy atom. The van der Waals surface area contributed by atoms with Gasteiger partial charge >= 0.3 is 0 Å². The number of benzene rings is 1. The number of rotatable bonds is 4. The van der Waals surface area contributed by atoms with E-state index in [4.69, 9.17) is 0 Å². The molecule has 0 aliphatic carbocycles. The Morgan fingerprint density at radius 3 is 2.78 bits per heavy atom. The van der Waals surface area contributed by atoms with Crippen LogP contribution in [0.15, 0.2) is 61.3 Å². The molecule has 1 amide bonds. The average Bonchev–Trinajstić information content (AvgIpc) is 3.11. The number of hydrogen-bond donors (Lipinski definition) is 0. The Balaban J connectivity index is 1.80. The Labute approximate surface area is 135 Å². The van der Waals surface area contributed by atoms with Crippen LogP contribution in [-0.2, 0) is 6.54 Å². The molecule has 5 heteroatoms. The molecular weight excluding hydrogens is 288 g/mol. The maximum atomic E-state index is 12.7. The number of carbonyl (C=O) groups excluding carboxylic acids is 1. The summed E-state index contributed by atoms with van der Waals surface area (Å²) < 4.78 is 1.78. The lowest BCUT2D eigenvalue weighted by Gasteiger charge is -2.19. The summed E-state index contributed by atoms with van der Waals surface area (Å²) in [7, 11) is 1.81. The number of hydrogen-bond acceptors (Lipinski definition) is 3. The molecule has 2 aromatic heterocycles. The minimum absolute atomic E-state index is 0.0305. The first-order valence-electron chi connectivity index (χ1n) is 7.39. The van der Waals surface area contributed by atoms with E-state index in [2.05, 4.69) is 23.0 Å². The molecule has 0 atom stereocenters. The predicted octanol–water partition coefficient (Wildman–Crippen LogP) is 2.85. The van der Waals surface area contributed by atoms with E-state index >= 15 is 0 Å². The van der Waals surface area contributed by atoms with Gasteiger partial charge in [0.25, 0.3) is 5.91 Å². The zero-order valence-corrected chi connectivity index (χ0v) is 13.2. The van der Waals surface area contributed by atoms with E-state index in [9.17, 15) is 4.79 Å². The number of pyridine rings is 1. The van der Waals surface area contributed by atoms with Gasteiger partial charge in [-0.15, -0.1) is 0 Å². The highest BCUT2D eigenvalue weighted by Crippen LogP contribution is 2.13. The fraction of sp³-hybridized carbons (Fsp3) is 0.167. The van der Waals surface area contributed by atoms with Gasteiger partial charge < -0.3 is 4.90 Å². The van der Waals surface area contributed by atoms with E-state index in [-0.39, 0.29) is 5.91 Å². The monoisotopic (exact) mass is 306 g/mol. The molecule has 2 heterocycles. The van der Waals surface area contributed by atoms with E-state index in [1.165, 1.54) is 5.56 Å². The Bertz CT molecular complexity index is 811. The van der Waals surface area contributed by atoms with Crippen molar-refractivity contribution in [2.75, 3.05) is 7.05 Å². The molecule has 0 bridgehead atoms. The molecule has 0 radical (unpaired) electrons. The SMILES string of the molecule is Cc1ccccc1CN(C)C(=O)c1ccnc(-n2ccnc2)c1. The first kappa shape index (κ1) is 15.0. The second-order valence-electron chi connectivity index (χ2n) is 5.46. The molecule has 0 spiro atoms. The predicted molar refractivity (Wildman–Crippen MR) is 88.3 cm³/mol. The van der Waals surface area contributed by atoms with E-state index in [0.29, 0.717) is 17.9 Å². The molecular formula is C18H18N4O. The third-order valence-corrected chi connectivity index (χ3v) is 3.78. The van der Waals surface area contributed by atoms with Crippen LogP contribution in [0.25, 0.3) is 5.82 Å². The van der Waals surface area contributed by atoms with Gasteiger partial charge in [0.15, 0.2) is 0 Å². The van der Waals surface area contributed by atoms with Gasteiger partial charge in [-0.2, -0.15) is 0 Å². The van der Waals surface area contributed by atoms with Crippen molar-refractivity contribution in [1.29, 1.82) is 0 Å². The molecule has 0 aliphatic heterocycles. The third kappa shape index (κ3) is 3.29. The van der Waals surface area contributed by atoms with Crippen molar-refractivity contribution >= 4 is 5.91 Å². The fourth-order valence-electron chi connectivity index (χ4n) is 2.42. The lowest BCUT2D eigenvalue weighted by molar-refractivity contribution is 0.0785. The van der Waals surface area contributed by atoms with Gasteiger partial charge in [0, 0.05) is 37.7 Å². The second-order valence-corrected chi connectivity index (χ2v) is 5.46. The molecule has 3 aromatic rings. The van der Waals surface area contributed by atoms with E-state index in [0.717, 1.165) is 5.56 Å². The van der Waals surface area contributed by atoms with Crippen molar-refractivity contribution in [2.24, 2.45) is 0 Å². The average molecular weight is 306 g/mol. The number of nitrogens with zero attached hydrogens (tertiary/aromatic N) is 4. The first-order valence-corrected chi connectivity index (χ1v) is 7.39. The second kappa shape index (κ2) is 6.44. The maximum Gasteiger partial charge on any atom is 0.254 e. The van der Waals surface area contributed by atoms with Gasteiger partial charge in [-0.3, -0.25) is 9.36 Å². The zero-order valence-electron chi connectivity index (χ0n) is 13.2. The van der Waals surface area contributed by atoms with Crippen LogP contribution in [0.3, 0.4) is 0 Å². The minimum Gasteiger partial charge on any atom is -0.337 e. The van der Waals surface area contributed by atoms with Gasteiger partial charge in [0.05, 0.1) is 0 Å². The Morgan fingerprint density at radius 1 is 1.22 bits per heavy atom. The Kier molecular flexibility index (Phi) is 4.19. The lowest BCUT2D eigenvalue weighted by Crippen LogP contribution is -2.26. The van der Waals surface area contributed by atoms with Crippen LogP contribution in [0.1, 0.15) is 21.5 Å². The van der Waals surface area contributed by atoms with E-state index in [1.54, 1.807) is 46.5 Å². The molecule has 5 nitrogen and oxygen atoms in total. The molecule has 23 heavy (non-hydrogen) atoms. The molecule has 0 saturated carbocycles. The highest BCUT2D eigenvalue weighted by atomic mass is 16.2. The molecule has 0 unspecified atom stereocenters. The van der Waals surface area contributed by atoms with Crippen LogP contribution in [0.2, 0.25) is 0 Å². The normalized spacial score (nSPS) is 10.5. The number of imidazole rings is 1. The van der Waals surface area contributed by atoms with Crippen LogP contribution < -0.4 is 0 Å². The molecule has 0 saturated heterocycles. The largest absolute Gasteiger partial charge is 0.337 e. The van der Waals surface area contributed by atoms with Crippen LogP contribution in [-0.4, -0.2) is 32.4 Å². The standard InChI is InChI=1S/C18H18N4O/c1-14-5-3-4-6-16(14)12-21(2)18(23)15-7-8-20-17(11-15)22-10-9-19-13-22/h3-11,13H,12H2,1-2H3. The van der Waals surface area contributed by atoms with Crippen LogP contribution >= 0.6 is 0 Å². The zero-order chi connectivity index (χ0) is 16.2. The fourth-order valence-corrected chi connectivity index (χ4v) is 2.42. The summed E-state index contributed by atoms with van der Waals surface area (Å²) in [6.07, 6.45) is 6.78. The van der Waals surface area contributed by atoms with Crippen LogP contribution in [0.5, 0.6) is 0 Å². The van der Waals surface area contributed by atoms with E-state index in [1.807, 2.05) is 25.2 Å². The molecule has 116 valence electrons. The number of aryl methyl sites for hydroxylation is 1. The number of amides is 1. The quantitative estimate of drug-likeness (QED) is 0.745. The highest BCUT2D eigenvalue weighted by Gasteiger charge is 2.14. The van der Waals surface area contributed by atoms with Gasteiger partial charge in [0.2, 0.25) is 0 Å². The molecule has 1 aromatic carbocycles. The first-order chi connectivity index (χ1) is 11.1. The summed E-state index contributed by atoms with van der Waals surface area (Å²) in [6, 6.07) is 11.6. The van der Waals surface area contributed by atoms with Crippen molar-refractivity contribution in [3.8, 4) is 5.82 Å². The van der Waals surface area contributed by atoms with Crippen molar-refractivity contribution in [1.82, 2.24) is 19.4 Å². The van der Waals surface area contributed by atoms with Crippen molar-refractivity contribution in [2.45, 2.75) is 13.5 Å². The molecule has 0 fully saturated rings. The van der Waals surface area contributed by atoms with Crippen molar-refractivity contribution in [3.05, 3.63) is 78.0 Å². The van der Waals surface area contributed by atoms with Gasteiger partial charge in [-0.1, -0.05) is 24.3 Å². The molecule has 0 aliphatic rings. The van der Waals surface area contributed by atoms with Gasteiger partial charge in [0.1, 0.15) is 12.1 Å². The lowest BCUT2D eigenvalue weighted by atomic mass is 10.1. The molecule has 0 N–H and O–H groups in total.